The molecule has 3 heterocycles. The first-order chi connectivity index (χ1) is 17.8. The van der Waals surface area contributed by atoms with E-state index in [1.165, 1.54) is 21.6 Å². The molecule has 1 spiro atoms. The zero-order valence-corrected chi connectivity index (χ0v) is 21.7. The molecule has 4 amide bonds. The molecule has 1 aromatic heterocycles. The molecular formula is C24H29N5O6S2. The Balaban J connectivity index is 1.65. The molecule has 2 aliphatic heterocycles. The lowest BCUT2D eigenvalue weighted by atomic mass is 10.1. The molecule has 198 valence electrons. The zero-order chi connectivity index (χ0) is 26.3. The monoisotopic (exact) mass is 547 g/mol. The van der Waals surface area contributed by atoms with Gasteiger partial charge in [0, 0.05) is 30.3 Å². The van der Waals surface area contributed by atoms with E-state index in [0.29, 0.717) is 25.0 Å². The van der Waals surface area contributed by atoms with Crippen LogP contribution in [0.4, 0.5) is 0 Å². The van der Waals surface area contributed by atoms with E-state index in [1.54, 1.807) is 30.6 Å². The SMILES string of the molecule is O=C1C[C@H]2/C=C/CCSSC[C@@H](NC(=O)[C@@H](Cc3ccncc3)N1)C(=O)NC1(CC1)C(=O)NCC(=O)O2. The number of aromatic nitrogens is 1. The summed E-state index contributed by atoms with van der Waals surface area (Å²) in [5.41, 5.74) is -0.349. The van der Waals surface area contributed by atoms with Crippen molar-refractivity contribution in [3.63, 3.8) is 0 Å². The van der Waals surface area contributed by atoms with Gasteiger partial charge in [0.2, 0.25) is 23.6 Å². The molecule has 0 aromatic carbocycles. The minimum absolute atomic E-state index is 0.170. The largest absolute Gasteiger partial charge is 0.456 e. The third-order valence-electron chi connectivity index (χ3n) is 6.12. The van der Waals surface area contributed by atoms with Crippen molar-refractivity contribution in [1.82, 2.24) is 26.3 Å². The first-order valence-electron chi connectivity index (χ1n) is 12.0. The molecule has 4 rings (SSSR count). The molecule has 1 aromatic rings. The molecular weight excluding hydrogens is 518 g/mol. The topological polar surface area (TPSA) is 156 Å². The van der Waals surface area contributed by atoms with Crippen molar-refractivity contribution in [2.24, 2.45) is 0 Å². The van der Waals surface area contributed by atoms with Crippen LogP contribution in [0, 0.1) is 0 Å². The summed E-state index contributed by atoms with van der Waals surface area (Å²) in [6.45, 7) is -0.390. The Morgan fingerprint density at radius 3 is 2.57 bits per heavy atom. The number of nitrogens with one attached hydrogen (secondary N) is 4. The quantitative estimate of drug-likeness (QED) is 0.228. The van der Waals surface area contributed by atoms with Crippen LogP contribution < -0.4 is 21.3 Å². The molecule has 1 saturated carbocycles. The summed E-state index contributed by atoms with van der Waals surface area (Å²) in [6, 6.07) is 1.55. The molecule has 0 radical (unpaired) electrons. The van der Waals surface area contributed by atoms with Gasteiger partial charge in [-0.1, -0.05) is 27.7 Å². The Hall–Kier alpha value is -3.06. The summed E-state index contributed by atoms with van der Waals surface area (Å²) >= 11 is 0. The number of carbonyl (C=O) groups excluding carboxylic acids is 5. The Bertz CT molecular complexity index is 1060. The highest BCUT2D eigenvalue weighted by molar-refractivity contribution is 8.76. The molecule has 1 aliphatic carbocycles. The van der Waals surface area contributed by atoms with E-state index in [0.717, 1.165) is 5.56 Å². The molecule has 2 bridgehead atoms. The van der Waals surface area contributed by atoms with Crippen molar-refractivity contribution in [3.8, 4) is 0 Å². The molecule has 2 fully saturated rings. The van der Waals surface area contributed by atoms with Crippen molar-refractivity contribution in [3.05, 3.63) is 42.2 Å². The number of carbonyl (C=O) groups is 5. The van der Waals surface area contributed by atoms with E-state index in [9.17, 15) is 24.0 Å². The fourth-order valence-corrected chi connectivity index (χ4v) is 6.09. The minimum Gasteiger partial charge on any atom is -0.456 e. The highest BCUT2D eigenvalue weighted by atomic mass is 33.1. The summed E-state index contributed by atoms with van der Waals surface area (Å²) in [6.07, 6.45) is 7.26. The van der Waals surface area contributed by atoms with Crippen LogP contribution in [-0.2, 0) is 35.1 Å². The normalized spacial score (nSPS) is 28.1. The standard InChI is InChI=1S/C24H29N5O6S2/c30-19-12-16-3-1-2-10-36-37-14-18(28-21(32)17(27-19)11-15-4-8-25-9-5-15)22(33)29-24(6-7-24)23(34)26-13-20(31)35-16/h1,3-5,8-9,16-18H,2,6-7,10-14H2,(H,26,34)(H,27,30)(H,28,32)(H,29,33)/b3-1+/t16-,17-,18-/m1/s1. The Kier molecular flexibility index (Phi) is 9.09. The maximum atomic E-state index is 13.4. The second kappa shape index (κ2) is 12.5. The van der Waals surface area contributed by atoms with Crippen LogP contribution in [0.1, 0.15) is 31.2 Å². The van der Waals surface area contributed by atoms with Gasteiger partial charge in [-0.25, -0.2) is 0 Å². The van der Waals surface area contributed by atoms with Crippen LogP contribution >= 0.6 is 21.6 Å². The van der Waals surface area contributed by atoms with Gasteiger partial charge >= 0.3 is 5.97 Å². The maximum absolute atomic E-state index is 13.4. The molecule has 37 heavy (non-hydrogen) atoms. The van der Waals surface area contributed by atoms with Crippen LogP contribution in [-0.4, -0.2) is 76.4 Å². The molecule has 1 saturated heterocycles. The predicted molar refractivity (Wildman–Crippen MR) is 138 cm³/mol. The number of rotatable bonds is 2. The molecule has 0 unspecified atom stereocenters. The third kappa shape index (κ3) is 7.71. The first-order valence-corrected chi connectivity index (χ1v) is 14.5. The van der Waals surface area contributed by atoms with Crippen LogP contribution in [0.2, 0.25) is 0 Å². The third-order valence-corrected chi connectivity index (χ3v) is 8.57. The van der Waals surface area contributed by atoms with E-state index in [2.05, 4.69) is 26.3 Å². The lowest BCUT2D eigenvalue weighted by Gasteiger charge is -2.26. The van der Waals surface area contributed by atoms with Gasteiger partial charge in [-0.05, 0) is 43.0 Å². The van der Waals surface area contributed by atoms with Crippen molar-refractivity contribution in [2.45, 2.75) is 55.8 Å². The molecule has 4 N–H and O–H groups in total. The number of allylic oxidation sites excluding steroid dienone is 1. The highest BCUT2D eigenvalue weighted by Crippen LogP contribution is 2.36. The van der Waals surface area contributed by atoms with Crippen LogP contribution in [0.15, 0.2) is 36.7 Å². The van der Waals surface area contributed by atoms with Crippen LogP contribution in [0.3, 0.4) is 0 Å². The smallest absolute Gasteiger partial charge is 0.326 e. The fourth-order valence-electron chi connectivity index (χ4n) is 3.93. The number of hydrogen-bond acceptors (Lipinski definition) is 9. The van der Waals surface area contributed by atoms with Gasteiger partial charge in [-0.15, -0.1) is 0 Å². The summed E-state index contributed by atoms with van der Waals surface area (Å²) in [5, 5.41) is 10.8. The lowest BCUT2D eigenvalue weighted by Crippen LogP contribution is -2.59. The first kappa shape index (κ1) is 27.0. The lowest BCUT2D eigenvalue weighted by molar-refractivity contribution is -0.148. The minimum atomic E-state index is -1.12. The van der Waals surface area contributed by atoms with Crippen molar-refractivity contribution in [1.29, 1.82) is 0 Å². The maximum Gasteiger partial charge on any atom is 0.326 e. The van der Waals surface area contributed by atoms with Gasteiger partial charge in [0.25, 0.3) is 0 Å². The number of hydrogen-bond donors (Lipinski definition) is 4. The molecule has 13 heteroatoms. The van der Waals surface area contributed by atoms with E-state index in [1.807, 2.05) is 6.08 Å². The highest BCUT2D eigenvalue weighted by Gasteiger charge is 2.52. The number of amides is 4. The molecule has 3 atom stereocenters. The summed E-state index contributed by atoms with van der Waals surface area (Å²) in [4.78, 5) is 68.8. The Labute approximate surface area is 222 Å². The number of esters is 1. The number of pyridine rings is 1. The predicted octanol–water partition coefficient (Wildman–Crippen LogP) is 0.0155. The van der Waals surface area contributed by atoms with Crippen molar-refractivity contribution < 1.29 is 28.7 Å². The van der Waals surface area contributed by atoms with E-state index in [-0.39, 0.29) is 25.1 Å². The number of fused-ring (bicyclic) bond motifs is 7. The second-order valence-corrected chi connectivity index (χ2v) is 11.7. The average Bonchev–Trinajstić information content (AvgIpc) is 3.65. The van der Waals surface area contributed by atoms with Crippen LogP contribution in [0.25, 0.3) is 0 Å². The van der Waals surface area contributed by atoms with E-state index in [4.69, 9.17) is 4.74 Å². The molecule has 3 aliphatic rings. The Morgan fingerprint density at radius 2 is 1.81 bits per heavy atom. The number of nitrogens with zero attached hydrogens (tertiary/aromatic N) is 1. The van der Waals surface area contributed by atoms with Gasteiger partial charge in [-0.3, -0.25) is 29.0 Å². The molecule has 11 nitrogen and oxygen atoms in total. The van der Waals surface area contributed by atoms with Crippen molar-refractivity contribution >= 4 is 51.2 Å². The number of ether oxygens (including phenoxy) is 1. The van der Waals surface area contributed by atoms with Crippen LogP contribution in [0.5, 0.6) is 0 Å². The van der Waals surface area contributed by atoms with Gasteiger partial charge < -0.3 is 26.0 Å². The van der Waals surface area contributed by atoms with Gasteiger partial charge in [-0.2, -0.15) is 0 Å². The zero-order valence-electron chi connectivity index (χ0n) is 20.1. The average molecular weight is 548 g/mol. The summed E-state index contributed by atoms with van der Waals surface area (Å²) in [7, 11) is 2.97. The van der Waals surface area contributed by atoms with Crippen molar-refractivity contribution in [2.75, 3.05) is 18.1 Å². The van der Waals surface area contributed by atoms with Gasteiger partial charge in [0.05, 0.1) is 6.42 Å². The van der Waals surface area contributed by atoms with E-state index < -0.39 is 53.3 Å². The fraction of sp³-hybridized carbons (Fsp3) is 0.500. The van der Waals surface area contributed by atoms with E-state index >= 15 is 0 Å². The summed E-state index contributed by atoms with van der Waals surface area (Å²) < 4.78 is 5.47. The van der Waals surface area contributed by atoms with Gasteiger partial charge in [0.15, 0.2) is 0 Å². The second-order valence-electron chi connectivity index (χ2n) is 9.05. The Morgan fingerprint density at radius 1 is 1.03 bits per heavy atom. The summed E-state index contributed by atoms with van der Waals surface area (Å²) in [5.74, 6) is -1.73. The van der Waals surface area contributed by atoms with Gasteiger partial charge in [0.1, 0.15) is 30.3 Å².